The second kappa shape index (κ2) is 5.65. The Morgan fingerprint density at radius 3 is 2.44 bits per heavy atom. The van der Waals surface area contributed by atoms with Crippen molar-refractivity contribution in [1.82, 2.24) is 0 Å². The molecule has 16 heavy (non-hydrogen) atoms. The maximum atomic E-state index is 10.7. The van der Waals surface area contributed by atoms with Crippen LogP contribution in [0.1, 0.15) is 6.92 Å². The molecule has 1 aromatic rings. The molecule has 0 atom stereocenters. The molecule has 0 spiro atoms. The number of aromatic hydroxyl groups is 1. The SMILES string of the molecule is CC([O-])=Nc1cc(S(=O)(=O)O)ccc1O.[Na+]. The Labute approximate surface area is 115 Å². The van der Waals surface area contributed by atoms with Gasteiger partial charge in [0.1, 0.15) is 11.4 Å². The third kappa shape index (κ3) is 4.11. The molecular formula is C8H8NNaO5S. The van der Waals surface area contributed by atoms with Crippen LogP contribution in [0.25, 0.3) is 0 Å². The van der Waals surface area contributed by atoms with Gasteiger partial charge >= 0.3 is 29.6 Å². The summed E-state index contributed by atoms with van der Waals surface area (Å²) < 4.78 is 30.2. The summed E-state index contributed by atoms with van der Waals surface area (Å²) in [5.74, 6) is -0.921. The largest absolute Gasteiger partial charge is 1.00 e. The van der Waals surface area contributed by atoms with Crippen molar-refractivity contribution in [2.24, 2.45) is 4.99 Å². The van der Waals surface area contributed by atoms with Crippen molar-refractivity contribution >= 4 is 21.7 Å². The second-order valence-corrected chi connectivity index (χ2v) is 4.18. The van der Waals surface area contributed by atoms with Gasteiger partial charge in [0.2, 0.25) is 0 Å². The van der Waals surface area contributed by atoms with E-state index >= 15 is 0 Å². The van der Waals surface area contributed by atoms with Crippen molar-refractivity contribution in [2.45, 2.75) is 11.8 Å². The normalized spacial score (nSPS) is 12.0. The molecule has 6 nitrogen and oxygen atoms in total. The molecule has 0 bridgehead atoms. The zero-order valence-electron chi connectivity index (χ0n) is 8.71. The molecule has 0 radical (unpaired) electrons. The van der Waals surface area contributed by atoms with Crippen LogP contribution in [0.2, 0.25) is 0 Å². The predicted molar refractivity (Wildman–Crippen MR) is 50.7 cm³/mol. The fourth-order valence-electron chi connectivity index (χ4n) is 0.923. The first-order valence-electron chi connectivity index (χ1n) is 3.83. The summed E-state index contributed by atoms with van der Waals surface area (Å²) in [5.41, 5.74) is -0.197. The number of hydrogen-bond donors (Lipinski definition) is 2. The Morgan fingerprint density at radius 1 is 1.44 bits per heavy atom. The van der Waals surface area contributed by atoms with Crippen molar-refractivity contribution in [3.05, 3.63) is 18.2 Å². The summed E-state index contributed by atoms with van der Waals surface area (Å²) in [6.07, 6.45) is 0. The molecule has 1 rings (SSSR count). The monoisotopic (exact) mass is 253 g/mol. The number of benzene rings is 1. The summed E-state index contributed by atoms with van der Waals surface area (Å²) in [7, 11) is -4.36. The van der Waals surface area contributed by atoms with Crippen LogP contribution in [0, 0.1) is 0 Å². The average Bonchev–Trinajstić information content (AvgIpc) is 2.06. The first-order chi connectivity index (χ1) is 6.80. The van der Waals surface area contributed by atoms with Crippen LogP contribution < -0.4 is 34.7 Å². The maximum Gasteiger partial charge on any atom is 1.00 e. The fraction of sp³-hybridized carbons (Fsp3) is 0.125. The molecule has 8 heteroatoms. The Morgan fingerprint density at radius 2 is 2.00 bits per heavy atom. The van der Waals surface area contributed by atoms with E-state index in [0.29, 0.717) is 0 Å². The van der Waals surface area contributed by atoms with Gasteiger partial charge in [-0.05, 0) is 31.0 Å². The topological polar surface area (TPSA) is 110 Å². The minimum absolute atomic E-state index is 0. The minimum atomic E-state index is -4.36. The molecule has 0 fully saturated rings. The Kier molecular flexibility index (Phi) is 5.43. The number of phenolic OH excluding ortho intramolecular Hbond substituents is 1. The summed E-state index contributed by atoms with van der Waals surface area (Å²) in [6.45, 7) is 1.15. The van der Waals surface area contributed by atoms with Crippen LogP contribution in [-0.4, -0.2) is 24.0 Å². The van der Waals surface area contributed by atoms with Crippen LogP contribution in [0.3, 0.4) is 0 Å². The van der Waals surface area contributed by atoms with Gasteiger partial charge in [0.25, 0.3) is 10.1 Å². The molecule has 0 aliphatic rings. The molecular weight excluding hydrogens is 245 g/mol. The van der Waals surface area contributed by atoms with Crippen molar-refractivity contribution in [2.75, 3.05) is 0 Å². The first-order valence-corrected chi connectivity index (χ1v) is 5.27. The molecule has 0 unspecified atom stereocenters. The Hall–Kier alpha value is -0.600. The van der Waals surface area contributed by atoms with Gasteiger partial charge in [0.05, 0.1) is 4.90 Å². The Bertz CT molecular complexity index is 507. The third-order valence-corrected chi connectivity index (χ3v) is 2.37. The molecule has 0 aliphatic heterocycles. The van der Waals surface area contributed by atoms with Crippen LogP contribution in [-0.2, 0) is 10.1 Å². The summed E-state index contributed by atoms with van der Waals surface area (Å²) in [4.78, 5) is 2.94. The summed E-state index contributed by atoms with van der Waals surface area (Å²) in [5, 5.41) is 19.9. The van der Waals surface area contributed by atoms with Gasteiger partial charge in [0.15, 0.2) is 0 Å². The van der Waals surface area contributed by atoms with Crippen molar-refractivity contribution in [1.29, 1.82) is 0 Å². The first kappa shape index (κ1) is 15.4. The van der Waals surface area contributed by atoms with E-state index in [1.165, 1.54) is 0 Å². The summed E-state index contributed by atoms with van der Waals surface area (Å²) in [6, 6.07) is 2.95. The smallest absolute Gasteiger partial charge is 0.862 e. The molecule has 82 valence electrons. The van der Waals surface area contributed by atoms with E-state index in [1.54, 1.807) is 0 Å². The average molecular weight is 253 g/mol. The second-order valence-electron chi connectivity index (χ2n) is 2.76. The number of rotatable bonds is 2. The van der Waals surface area contributed by atoms with Gasteiger partial charge in [0, 0.05) is 0 Å². The number of phenols is 1. The molecule has 0 aliphatic carbocycles. The van der Waals surface area contributed by atoms with Crippen LogP contribution in [0.4, 0.5) is 5.69 Å². The number of hydrogen-bond acceptors (Lipinski definition) is 5. The number of nitrogens with zero attached hydrogens (tertiary/aromatic N) is 1. The molecule has 2 N–H and O–H groups in total. The van der Waals surface area contributed by atoms with Crippen molar-refractivity contribution in [3.8, 4) is 5.75 Å². The summed E-state index contributed by atoms with van der Waals surface area (Å²) >= 11 is 0. The van der Waals surface area contributed by atoms with Gasteiger partial charge in [-0.3, -0.25) is 9.55 Å². The fourth-order valence-corrected chi connectivity index (χ4v) is 1.42. The van der Waals surface area contributed by atoms with Crippen molar-refractivity contribution < 1.29 is 52.7 Å². The van der Waals surface area contributed by atoms with E-state index in [4.69, 9.17) is 4.55 Å². The number of aliphatic imine (C=N–C) groups is 1. The molecule has 0 amide bonds. The zero-order chi connectivity index (χ0) is 11.6. The van der Waals surface area contributed by atoms with E-state index < -0.39 is 20.9 Å². The van der Waals surface area contributed by atoms with Gasteiger partial charge in [-0.25, -0.2) is 0 Å². The molecule has 0 saturated heterocycles. The maximum absolute atomic E-state index is 10.7. The quantitative estimate of drug-likeness (QED) is 0.253. The van der Waals surface area contributed by atoms with Crippen molar-refractivity contribution in [3.63, 3.8) is 0 Å². The van der Waals surface area contributed by atoms with Crippen LogP contribution in [0.15, 0.2) is 28.1 Å². The van der Waals surface area contributed by atoms with E-state index in [9.17, 15) is 18.6 Å². The van der Waals surface area contributed by atoms with E-state index in [2.05, 4.69) is 4.99 Å². The van der Waals surface area contributed by atoms with Gasteiger partial charge in [-0.2, -0.15) is 8.42 Å². The third-order valence-electron chi connectivity index (χ3n) is 1.52. The Balaban J connectivity index is 0.00000225. The van der Waals surface area contributed by atoms with Crippen LogP contribution >= 0.6 is 0 Å². The van der Waals surface area contributed by atoms with Gasteiger partial charge in [-0.15, -0.1) is 0 Å². The molecule has 0 aromatic heterocycles. The van der Waals surface area contributed by atoms with Gasteiger partial charge in [-0.1, -0.05) is 0 Å². The standard InChI is InChI=1S/C8H9NO5S.Na/c1-5(10)9-7-4-6(15(12,13)14)2-3-8(7)11;/h2-4,11H,1H3,(H,9,10)(H,12,13,14);/q;+1/p-1. The van der Waals surface area contributed by atoms with E-state index in [1.807, 2.05) is 0 Å². The van der Waals surface area contributed by atoms with E-state index in [-0.39, 0.29) is 41.0 Å². The predicted octanol–water partition coefficient (Wildman–Crippen LogP) is -2.95. The molecule has 1 aromatic carbocycles. The van der Waals surface area contributed by atoms with Crippen LogP contribution in [0.5, 0.6) is 5.75 Å². The van der Waals surface area contributed by atoms with E-state index in [0.717, 1.165) is 25.1 Å². The molecule has 0 saturated carbocycles. The minimum Gasteiger partial charge on any atom is -0.862 e. The molecule has 0 heterocycles. The van der Waals surface area contributed by atoms with Gasteiger partial charge < -0.3 is 10.2 Å². The zero-order valence-corrected chi connectivity index (χ0v) is 11.5.